The molecule has 2 unspecified atom stereocenters. The van der Waals surface area contributed by atoms with Crippen molar-refractivity contribution in [3.05, 3.63) is 29.8 Å². The summed E-state index contributed by atoms with van der Waals surface area (Å²) < 4.78 is 5.70. The second kappa shape index (κ2) is 9.09. The summed E-state index contributed by atoms with van der Waals surface area (Å²) in [5, 5.41) is 3.73. The van der Waals surface area contributed by atoms with E-state index in [4.69, 9.17) is 4.74 Å². The molecule has 1 N–H and O–H groups in total. The number of hydrogen-bond acceptors (Lipinski definition) is 2. The average Bonchev–Trinajstić information content (AvgIpc) is 2.54. The molecule has 0 spiro atoms. The molecule has 1 saturated carbocycles. The largest absolute Gasteiger partial charge is 0.494 e. The van der Waals surface area contributed by atoms with Crippen LogP contribution in [0.25, 0.3) is 0 Å². The smallest absolute Gasteiger partial charge is 0.119 e. The highest BCUT2D eigenvalue weighted by atomic mass is 16.5. The van der Waals surface area contributed by atoms with Gasteiger partial charge in [0.05, 0.1) is 6.61 Å². The quantitative estimate of drug-likeness (QED) is 0.686. The molecule has 0 bridgehead atoms. The first kappa shape index (κ1) is 16.4. The molecule has 0 aliphatic heterocycles. The molecule has 2 rings (SSSR count). The van der Waals surface area contributed by atoms with Crippen molar-refractivity contribution in [1.29, 1.82) is 0 Å². The van der Waals surface area contributed by atoms with Crippen LogP contribution in [0.1, 0.15) is 64.4 Å². The van der Waals surface area contributed by atoms with E-state index in [0.29, 0.717) is 6.04 Å². The maximum Gasteiger partial charge on any atom is 0.119 e. The third-order valence-corrected chi connectivity index (χ3v) is 4.64. The van der Waals surface area contributed by atoms with Gasteiger partial charge in [-0.25, -0.2) is 0 Å². The van der Waals surface area contributed by atoms with Gasteiger partial charge in [0.25, 0.3) is 0 Å². The van der Waals surface area contributed by atoms with Crippen molar-refractivity contribution in [3.63, 3.8) is 0 Å². The molecule has 1 fully saturated rings. The van der Waals surface area contributed by atoms with Gasteiger partial charge in [-0.3, -0.25) is 0 Å². The summed E-state index contributed by atoms with van der Waals surface area (Å²) in [5.41, 5.74) is 1.36. The highest BCUT2D eigenvalue weighted by molar-refractivity contribution is 5.27. The van der Waals surface area contributed by atoms with Crippen LogP contribution in [0, 0.1) is 5.92 Å². The van der Waals surface area contributed by atoms with Gasteiger partial charge >= 0.3 is 0 Å². The molecule has 0 amide bonds. The number of ether oxygens (including phenoxy) is 1. The number of benzene rings is 1. The molecule has 1 aliphatic rings. The minimum Gasteiger partial charge on any atom is -0.494 e. The number of rotatable bonds is 8. The zero-order valence-electron chi connectivity index (χ0n) is 13.7. The second-order valence-corrected chi connectivity index (χ2v) is 6.36. The SMILES string of the molecule is CCCCOc1ccc(CNC2CCCC(CC)C2)cc1. The van der Waals surface area contributed by atoms with Gasteiger partial charge in [0.1, 0.15) is 5.75 Å². The second-order valence-electron chi connectivity index (χ2n) is 6.36. The fourth-order valence-electron chi connectivity index (χ4n) is 3.15. The van der Waals surface area contributed by atoms with Crippen LogP contribution in [0.4, 0.5) is 0 Å². The Bertz CT molecular complexity index is 387. The lowest BCUT2D eigenvalue weighted by Gasteiger charge is -2.29. The van der Waals surface area contributed by atoms with Gasteiger partial charge in [0.2, 0.25) is 0 Å². The van der Waals surface area contributed by atoms with E-state index in [1.165, 1.54) is 44.1 Å². The zero-order chi connectivity index (χ0) is 14.9. The van der Waals surface area contributed by atoms with Crippen molar-refractivity contribution in [2.45, 2.75) is 71.4 Å². The van der Waals surface area contributed by atoms with Crippen molar-refractivity contribution in [2.24, 2.45) is 5.92 Å². The van der Waals surface area contributed by atoms with Crippen LogP contribution in [0.3, 0.4) is 0 Å². The molecule has 2 heteroatoms. The molecule has 118 valence electrons. The minimum absolute atomic E-state index is 0.712. The maximum atomic E-state index is 5.70. The van der Waals surface area contributed by atoms with E-state index in [1.54, 1.807) is 0 Å². The summed E-state index contributed by atoms with van der Waals surface area (Å²) in [5.74, 6) is 1.93. The summed E-state index contributed by atoms with van der Waals surface area (Å²) in [6, 6.07) is 9.29. The van der Waals surface area contributed by atoms with Crippen LogP contribution < -0.4 is 10.1 Å². The lowest BCUT2D eigenvalue weighted by Crippen LogP contribution is -2.33. The Morgan fingerprint density at radius 1 is 1.14 bits per heavy atom. The lowest BCUT2D eigenvalue weighted by atomic mass is 9.84. The predicted molar refractivity (Wildman–Crippen MR) is 89.7 cm³/mol. The van der Waals surface area contributed by atoms with Crippen LogP contribution >= 0.6 is 0 Å². The molecule has 0 radical (unpaired) electrons. The fraction of sp³-hybridized carbons (Fsp3) is 0.684. The van der Waals surface area contributed by atoms with Gasteiger partial charge in [0.15, 0.2) is 0 Å². The molecule has 21 heavy (non-hydrogen) atoms. The number of unbranched alkanes of at least 4 members (excludes halogenated alkanes) is 1. The van der Waals surface area contributed by atoms with Crippen LogP contribution in [0.5, 0.6) is 5.75 Å². The van der Waals surface area contributed by atoms with E-state index >= 15 is 0 Å². The summed E-state index contributed by atoms with van der Waals surface area (Å²) in [6.45, 7) is 6.32. The van der Waals surface area contributed by atoms with E-state index < -0.39 is 0 Å². The Balaban J connectivity index is 1.73. The Hall–Kier alpha value is -1.02. The Morgan fingerprint density at radius 3 is 2.67 bits per heavy atom. The first-order chi connectivity index (χ1) is 10.3. The Labute approximate surface area is 130 Å². The molecule has 1 aliphatic carbocycles. The van der Waals surface area contributed by atoms with Crippen molar-refractivity contribution in [3.8, 4) is 5.75 Å². The summed E-state index contributed by atoms with van der Waals surface area (Å²) in [4.78, 5) is 0. The van der Waals surface area contributed by atoms with E-state index in [9.17, 15) is 0 Å². The topological polar surface area (TPSA) is 21.3 Å². The van der Waals surface area contributed by atoms with E-state index in [1.807, 2.05) is 0 Å². The zero-order valence-corrected chi connectivity index (χ0v) is 13.7. The summed E-state index contributed by atoms with van der Waals surface area (Å²) in [7, 11) is 0. The normalized spacial score (nSPS) is 22.2. The van der Waals surface area contributed by atoms with Crippen LogP contribution in [0.2, 0.25) is 0 Å². The molecule has 0 aromatic heterocycles. The molecule has 0 saturated heterocycles. The highest BCUT2D eigenvalue weighted by Gasteiger charge is 2.19. The Kier molecular flexibility index (Phi) is 7.08. The van der Waals surface area contributed by atoms with Gasteiger partial charge in [-0.1, -0.05) is 51.7 Å². The third-order valence-electron chi connectivity index (χ3n) is 4.64. The Morgan fingerprint density at radius 2 is 1.95 bits per heavy atom. The van der Waals surface area contributed by atoms with Crippen molar-refractivity contribution >= 4 is 0 Å². The van der Waals surface area contributed by atoms with Gasteiger partial charge < -0.3 is 10.1 Å². The third kappa shape index (κ3) is 5.70. The van der Waals surface area contributed by atoms with Gasteiger partial charge in [-0.05, 0) is 42.9 Å². The van der Waals surface area contributed by atoms with Crippen LogP contribution in [-0.2, 0) is 6.54 Å². The first-order valence-corrected chi connectivity index (χ1v) is 8.77. The van der Waals surface area contributed by atoms with E-state index in [2.05, 4.69) is 43.4 Å². The van der Waals surface area contributed by atoms with E-state index in [0.717, 1.165) is 31.2 Å². The van der Waals surface area contributed by atoms with Gasteiger partial charge in [-0.15, -0.1) is 0 Å². The molecule has 1 aromatic rings. The highest BCUT2D eigenvalue weighted by Crippen LogP contribution is 2.26. The summed E-state index contributed by atoms with van der Waals surface area (Å²) in [6.07, 6.45) is 9.16. The van der Waals surface area contributed by atoms with Gasteiger partial charge in [-0.2, -0.15) is 0 Å². The van der Waals surface area contributed by atoms with Gasteiger partial charge in [0, 0.05) is 12.6 Å². The van der Waals surface area contributed by atoms with Crippen LogP contribution in [0.15, 0.2) is 24.3 Å². The predicted octanol–water partition coefficient (Wildman–Crippen LogP) is 4.92. The van der Waals surface area contributed by atoms with Crippen molar-refractivity contribution < 1.29 is 4.74 Å². The van der Waals surface area contributed by atoms with Crippen molar-refractivity contribution in [2.75, 3.05) is 6.61 Å². The number of hydrogen-bond donors (Lipinski definition) is 1. The maximum absolute atomic E-state index is 5.70. The standard InChI is InChI=1S/C19H31NO/c1-3-5-13-21-19-11-9-17(10-12-19)15-20-18-8-6-7-16(4-2)14-18/h9-12,16,18,20H,3-8,13-15H2,1-2H3. The molecule has 2 nitrogen and oxygen atoms in total. The van der Waals surface area contributed by atoms with Crippen LogP contribution in [-0.4, -0.2) is 12.6 Å². The monoisotopic (exact) mass is 289 g/mol. The molecule has 1 aromatic carbocycles. The lowest BCUT2D eigenvalue weighted by molar-refractivity contribution is 0.278. The minimum atomic E-state index is 0.712. The average molecular weight is 289 g/mol. The summed E-state index contributed by atoms with van der Waals surface area (Å²) >= 11 is 0. The van der Waals surface area contributed by atoms with E-state index in [-0.39, 0.29) is 0 Å². The molecular formula is C19H31NO. The first-order valence-electron chi connectivity index (χ1n) is 8.77. The molecule has 2 atom stereocenters. The molecule has 0 heterocycles. The number of nitrogens with one attached hydrogen (secondary N) is 1. The van der Waals surface area contributed by atoms with Crippen molar-refractivity contribution in [1.82, 2.24) is 5.32 Å². The molecular weight excluding hydrogens is 258 g/mol. The fourth-order valence-corrected chi connectivity index (χ4v) is 3.15.